The standard InChI is InChI=1S/C11H21NO3/c1-7-6-15-9(11(3,4)5)8(2)12(7)10(13)14/h7-9H,6H2,1-5H3,(H,13,14)/t7-,8+,9?/m0/s1. The number of hydrogen-bond donors (Lipinski definition) is 1. The Morgan fingerprint density at radius 2 is 1.93 bits per heavy atom. The summed E-state index contributed by atoms with van der Waals surface area (Å²) in [6.45, 7) is 10.5. The van der Waals surface area contributed by atoms with Gasteiger partial charge in [0.05, 0.1) is 24.8 Å². The van der Waals surface area contributed by atoms with Crippen molar-refractivity contribution in [2.75, 3.05) is 6.61 Å². The number of amides is 1. The Labute approximate surface area is 91.2 Å². The van der Waals surface area contributed by atoms with E-state index >= 15 is 0 Å². The summed E-state index contributed by atoms with van der Waals surface area (Å²) in [7, 11) is 0. The molecule has 88 valence electrons. The van der Waals surface area contributed by atoms with Crippen molar-refractivity contribution in [3.8, 4) is 0 Å². The summed E-state index contributed by atoms with van der Waals surface area (Å²) in [4.78, 5) is 12.6. The lowest BCUT2D eigenvalue weighted by atomic mass is 9.83. The van der Waals surface area contributed by atoms with Crippen LogP contribution in [0, 0.1) is 5.41 Å². The first-order chi connectivity index (χ1) is 6.75. The first kappa shape index (κ1) is 12.3. The van der Waals surface area contributed by atoms with Crippen LogP contribution in [-0.4, -0.2) is 40.9 Å². The molecule has 0 aromatic rings. The summed E-state index contributed by atoms with van der Waals surface area (Å²) >= 11 is 0. The molecule has 0 radical (unpaired) electrons. The van der Waals surface area contributed by atoms with Gasteiger partial charge in [0.2, 0.25) is 0 Å². The molecule has 1 amide bonds. The van der Waals surface area contributed by atoms with Crippen LogP contribution in [0.3, 0.4) is 0 Å². The molecular weight excluding hydrogens is 194 g/mol. The number of rotatable bonds is 0. The van der Waals surface area contributed by atoms with Gasteiger partial charge in [0.1, 0.15) is 0 Å². The third-order valence-corrected chi connectivity index (χ3v) is 2.94. The molecule has 0 aromatic carbocycles. The summed E-state index contributed by atoms with van der Waals surface area (Å²) in [6.07, 6.45) is -0.891. The molecular formula is C11H21NO3. The van der Waals surface area contributed by atoms with E-state index < -0.39 is 6.09 Å². The van der Waals surface area contributed by atoms with Crippen LogP contribution in [0.4, 0.5) is 4.79 Å². The molecule has 1 saturated heterocycles. The molecule has 1 rings (SSSR count). The second-order valence-electron chi connectivity index (χ2n) is 5.40. The van der Waals surface area contributed by atoms with Crippen molar-refractivity contribution in [3.63, 3.8) is 0 Å². The lowest BCUT2D eigenvalue weighted by molar-refractivity contribution is -0.123. The Kier molecular flexibility index (Phi) is 3.28. The van der Waals surface area contributed by atoms with Crippen LogP contribution in [0.1, 0.15) is 34.6 Å². The minimum Gasteiger partial charge on any atom is -0.465 e. The molecule has 0 spiro atoms. The Balaban J connectivity index is 2.86. The molecule has 1 unspecified atom stereocenters. The zero-order valence-corrected chi connectivity index (χ0v) is 10.2. The molecule has 1 fully saturated rings. The van der Waals surface area contributed by atoms with Gasteiger partial charge in [-0.1, -0.05) is 20.8 Å². The molecule has 4 heteroatoms. The average Bonchev–Trinajstić information content (AvgIpc) is 2.00. The lowest BCUT2D eigenvalue weighted by Crippen LogP contribution is -2.59. The highest BCUT2D eigenvalue weighted by atomic mass is 16.5. The largest absolute Gasteiger partial charge is 0.465 e. The van der Waals surface area contributed by atoms with E-state index in [2.05, 4.69) is 20.8 Å². The average molecular weight is 215 g/mol. The summed E-state index contributed by atoms with van der Waals surface area (Å²) in [5.74, 6) is 0. The fourth-order valence-corrected chi connectivity index (χ4v) is 2.35. The summed E-state index contributed by atoms with van der Waals surface area (Å²) in [5.41, 5.74) is -0.0345. The highest BCUT2D eigenvalue weighted by Gasteiger charge is 2.41. The van der Waals surface area contributed by atoms with Crippen molar-refractivity contribution >= 4 is 6.09 Å². The van der Waals surface area contributed by atoms with Gasteiger partial charge >= 0.3 is 6.09 Å². The number of hydrogen-bond acceptors (Lipinski definition) is 2. The first-order valence-electron chi connectivity index (χ1n) is 5.38. The highest BCUT2D eigenvalue weighted by molar-refractivity contribution is 5.66. The van der Waals surface area contributed by atoms with Crippen LogP contribution < -0.4 is 0 Å². The van der Waals surface area contributed by atoms with Crippen molar-refractivity contribution in [1.29, 1.82) is 0 Å². The normalized spacial score (nSPS) is 32.9. The fraction of sp³-hybridized carbons (Fsp3) is 0.909. The molecule has 0 saturated carbocycles. The predicted octanol–water partition coefficient (Wildman–Crippen LogP) is 2.19. The van der Waals surface area contributed by atoms with E-state index in [9.17, 15) is 4.79 Å². The minimum atomic E-state index is -0.854. The summed E-state index contributed by atoms with van der Waals surface area (Å²) < 4.78 is 5.74. The van der Waals surface area contributed by atoms with Crippen LogP contribution in [-0.2, 0) is 4.74 Å². The molecule has 1 aliphatic heterocycles. The maximum absolute atomic E-state index is 11.1. The Hall–Kier alpha value is -0.770. The Morgan fingerprint density at radius 3 is 2.33 bits per heavy atom. The fourth-order valence-electron chi connectivity index (χ4n) is 2.35. The van der Waals surface area contributed by atoms with E-state index in [4.69, 9.17) is 9.84 Å². The molecule has 0 aliphatic carbocycles. The van der Waals surface area contributed by atoms with E-state index in [0.717, 1.165) is 0 Å². The van der Waals surface area contributed by atoms with Gasteiger partial charge in [-0.3, -0.25) is 4.90 Å². The molecule has 0 bridgehead atoms. The van der Waals surface area contributed by atoms with Gasteiger partial charge < -0.3 is 9.84 Å². The summed E-state index contributed by atoms with van der Waals surface area (Å²) in [5, 5.41) is 9.13. The molecule has 3 atom stereocenters. The van der Waals surface area contributed by atoms with Crippen LogP contribution in [0.15, 0.2) is 0 Å². The van der Waals surface area contributed by atoms with Gasteiger partial charge in [-0.2, -0.15) is 0 Å². The maximum Gasteiger partial charge on any atom is 0.407 e. The van der Waals surface area contributed by atoms with Crippen LogP contribution in [0.25, 0.3) is 0 Å². The Bertz CT molecular complexity index is 247. The second-order valence-corrected chi connectivity index (χ2v) is 5.40. The zero-order chi connectivity index (χ0) is 11.8. The second kappa shape index (κ2) is 4.00. The smallest absolute Gasteiger partial charge is 0.407 e. The number of nitrogens with zero attached hydrogens (tertiary/aromatic N) is 1. The number of carboxylic acid groups (broad SMARTS) is 1. The topological polar surface area (TPSA) is 49.8 Å². The monoisotopic (exact) mass is 215 g/mol. The minimum absolute atomic E-state index is 0.0345. The lowest BCUT2D eigenvalue weighted by Gasteiger charge is -2.46. The predicted molar refractivity (Wildman–Crippen MR) is 58.0 cm³/mol. The van der Waals surface area contributed by atoms with Crippen molar-refractivity contribution in [2.45, 2.75) is 52.8 Å². The number of ether oxygens (including phenoxy) is 1. The van der Waals surface area contributed by atoms with Crippen molar-refractivity contribution in [3.05, 3.63) is 0 Å². The van der Waals surface area contributed by atoms with Crippen LogP contribution in [0.5, 0.6) is 0 Å². The zero-order valence-electron chi connectivity index (χ0n) is 10.2. The molecule has 1 heterocycles. The van der Waals surface area contributed by atoms with E-state index in [1.54, 1.807) is 0 Å². The van der Waals surface area contributed by atoms with Crippen LogP contribution >= 0.6 is 0 Å². The third kappa shape index (κ3) is 2.43. The molecule has 0 aromatic heterocycles. The maximum atomic E-state index is 11.1. The van der Waals surface area contributed by atoms with E-state index in [-0.39, 0.29) is 23.6 Å². The third-order valence-electron chi connectivity index (χ3n) is 2.94. The van der Waals surface area contributed by atoms with E-state index in [1.807, 2.05) is 13.8 Å². The van der Waals surface area contributed by atoms with E-state index in [1.165, 1.54) is 4.90 Å². The highest BCUT2D eigenvalue weighted by Crippen LogP contribution is 2.31. The Morgan fingerprint density at radius 1 is 1.40 bits per heavy atom. The quantitative estimate of drug-likeness (QED) is 0.674. The number of morpholine rings is 1. The van der Waals surface area contributed by atoms with Gasteiger partial charge in [0.15, 0.2) is 0 Å². The van der Waals surface area contributed by atoms with Crippen molar-refractivity contribution in [2.24, 2.45) is 5.41 Å². The van der Waals surface area contributed by atoms with Crippen molar-refractivity contribution in [1.82, 2.24) is 4.90 Å². The van der Waals surface area contributed by atoms with Gasteiger partial charge in [-0.25, -0.2) is 4.79 Å². The van der Waals surface area contributed by atoms with Gasteiger partial charge in [0.25, 0.3) is 0 Å². The number of carbonyl (C=O) groups is 1. The summed E-state index contributed by atoms with van der Waals surface area (Å²) in [6, 6.07) is -0.151. The van der Waals surface area contributed by atoms with Gasteiger partial charge in [-0.05, 0) is 19.3 Å². The van der Waals surface area contributed by atoms with Crippen LogP contribution in [0.2, 0.25) is 0 Å². The SMILES string of the molecule is C[C@@H]1C(C(C)(C)C)OC[C@H](C)N1C(=O)O. The molecule has 4 nitrogen and oxygen atoms in total. The molecule has 1 aliphatic rings. The molecule has 1 N–H and O–H groups in total. The van der Waals surface area contributed by atoms with Gasteiger partial charge in [0, 0.05) is 0 Å². The molecule has 15 heavy (non-hydrogen) atoms. The first-order valence-corrected chi connectivity index (χ1v) is 5.38. The van der Waals surface area contributed by atoms with E-state index in [0.29, 0.717) is 6.61 Å². The van der Waals surface area contributed by atoms with Crippen molar-refractivity contribution < 1.29 is 14.6 Å². The van der Waals surface area contributed by atoms with Gasteiger partial charge in [-0.15, -0.1) is 0 Å².